The van der Waals surface area contributed by atoms with Crippen molar-refractivity contribution in [2.45, 2.75) is 122 Å². The van der Waals surface area contributed by atoms with E-state index in [0.29, 0.717) is 6.42 Å². The number of aromatic hydroxyl groups is 1. The fraction of sp³-hybridized carbons (Fsp3) is 0.714. The van der Waals surface area contributed by atoms with Crippen molar-refractivity contribution in [3.63, 3.8) is 0 Å². The average molecular weight is 463 g/mol. The van der Waals surface area contributed by atoms with Crippen molar-refractivity contribution in [1.82, 2.24) is 0 Å². The van der Waals surface area contributed by atoms with Crippen LogP contribution in [0.25, 0.3) is 0 Å². The summed E-state index contributed by atoms with van der Waals surface area (Å²) in [6.45, 7) is 2.27. The number of ether oxygens (including phenoxy) is 2. The van der Waals surface area contributed by atoms with Gasteiger partial charge in [0.05, 0.1) is 7.11 Å². The van der Waals surface area contributed by atoms with E-state index in [-0.39, 0.29) is 23.0 Å². The van der Waals surface area contributed by atoms with Crippen LogP contribution in [-0.4, -0.2) is 24.2 Å². The molecule has 188 valence electrons. The van der Waals surface area contributed by atoms with E-state index in [2.05, 4.69) is 11.7 Å². The molecule has 5 nitrogen and oxygen atoms in total. The van der Waals surface area contributed by atoms with E-state index in [4.69, 9.17) is 4.74 Å². The molecule has 0 atom stereocenters. The highest BCUT2D eigenvalue weighted by atomic mass is 16.5. The van der Waals surface area contributed by atoms with Gasteiger partial charge in [0, 0.05) is 6.42 Å². The summed E-state index contributed by atoms with van der Waals surface area (Å²) in [5.74, 6) is -0.948. The average Bonchev–Trinajstić information content (AvgIpc) is 2.81. The van der Waals surface area contributed by atoms with Gasteiger partial charge in [0.1, 0.15) is 17.1 Å². The summed E-state index contributed by atoms with van der Waals surface area (Å²) >= 11 is 0. The lowest BCUT2D eigenvalue weighted by Crippen LogP contribution is -2.09. The van der Waals surface area contributed by atoms with Crippen LogP contribution in [0, 0.1) is 0 Å². The van der Waals surface area contributed by atoms with Gasteiger partial charge in [0.15, 0.2) is 0 Å². The number of hydrogen-bond donors (Lipinski definition) is 1. The van der Waals surface area contributed by atoms with Gasteiger partial charge in [-0.2, -0.15) is 0 Å². The zero-order chi connectivity index (χ0) is 24.2. The van der Waals surface area contributed by atoms with Crippen LogP contribution in [0.4, 0.5) is 0 Å². The lowest BCUT2D eigenvalue weighted by Gasteiger charge is -2.07. The van der Waals surface area contributed by atoms with Gasteiger partial charge in [0.25, 0.3) is 0 Å². The van der Waals surface area contributed by atoms with Crippen molar-refractivity contribution < 1.29 is 24.2 Å². The first kappa shape index (κ1) is 29.0. The van der Waals surface area contributed by atoms with Gasteiger partial charge in [-0.1, -0.05) is 110 Å². The van der Waals surface area contributed by atoms with Crippen LogP contribution in [-0.2, 0) is 9.53 Å². The molecule has 0 aliphatic heterocycles. The normalized spacial score (nSPS) is 10.8. The van der Waals surface area contributed by atoms with E-state index in [1.165, 1.54) is 115 Å². The van der Waals surface area contributed by atoms with Crippen LogP contribution in [0.15, 0.2) is 18.2 Å². The van der Waals surface area contributed by atoms with Crippen molar-refractivity contribution in [2.24, 2.45) is 0 Å². The fourth-order valence-corrected chi connectivity index (χ4v) is 4.03. The van der Waals surface area contributed by atoms with Crippen LogP contribution < -0.4 is 4.74 Å². The summed E-state index contributed by atoms with van der Waals surface area (Å²) in [5, 5.41) is 9.70. The van der Waals surface area contributed by atoms with Gasteiger partial charge in [-0.3, -0.25) is 4.79 Å². The van der Waals surface area contributed by atoms with Crippen LogP contribution >= 0.6 is 0 Å². The van der Waals surface area contributed by atoms with Crippen molar-refractivity contribution in [3.8, 4) is 11.5 Å². The van der Waals surface area contributed by atoms with Crippen molar-refractivity contribution >= 4 is 11.9 Å². The van der Waals surface area contributed by atoms with Gasteiger partial charge in [-0.15, -0.1) is 0 Å². The number of esters is 2. The maximum atomic E-state index is 12.0. The number of carbonyl (C=O) groups excluding carboxylic acids is 2. The van der Waals surface area contributed by atoms with Crippen molar-refractivity contribution in [2.75, 3.05) is 7.11 Å². The lowest BCUT2D eigenvalue weighted by atomic mass is 10.0. The highest BCUT2D eigenvalue weighted by molar-refractivity contribution is 5.93. The second-order valence-electron chi connectivity index (χ2n) is 9.05. The Morgan fingerprint density at radius 1 is 0.727 bits per heavy atom. The van der Waals surface area contributed by atoms with E-state index in [0.717, 1.165) is 19.3 Å². The van der Waals surface area contributed by atoms with E-state index in [9.17, 15) is 14.7 Å². The smallest absolute Gasteiger partial charge is 0.341 e. The monoisotopic (exact) mass is 462 g/mol. The third kappa shape index (κ3) is 14.7. The van der Waals surface area contributed by atoms with E-state index in [1.807, 2.05) is 0 Å². The Kier molecular flexibility index (Phi) is 17.1. The van der Waals surface area contributed by atoms with Crippen LogP contribution in [0.5, 0.6) is 11.5 Å². The third-order valence-electron chi connectivity index (χ3n) is 6.09. The van der Waals surface area contributed by atoms with Crippen LogP contribution in [0.3, 0.4) is 0 Å². The molecule has 0 saturated carbocycles. The summed E-state index contributed by atoms with van der Waals surface area (Å²) in [6, 6.07) is 4.12. The topological polar surface area (TPSA) is 72.8 Å². The molecule has 0 heterocycles. The second-order valence-corrected chi connectivity index (χ2v) is 9.05. The molecule has 1 N–H and O–H groups in total. The molecule has 1 aromatic carbocycles. The molecule has 0 aromatic heterocycles. The van der Waals surface area contributed by atoms with Gasteiger partial charge >= 0.3 is 11.9 Å². The van der Waals surface area contributed by atoms with Crippen LogP contribution in [0.2, 0.25) is 0 Å². The highest BCUT2D eigenvalue weighted by Gasteiger charge is 2.14. The summed E-state index contributed by atoms with van der Waals surface area (Å²) < 4.78 is 9.88. The van der Waals surface area contributed by atoms with Gasteiger partial charge in [-0.25, -0.2) is 4.79 Å². The Morgan fingerprint density at radius 3 is 1.64 bits per heavy atom. The summed E-state index contributed by atoms with van der Waals surface area (Å²) in [4.78, 5) is 23.6. The largest absolute Gasteiger partial charge is 0.507 e. The quantitative estimate of drug-likeness (QED) is 0.120. The number of unbranched alkanes of at least 4 members (excludes halogenated alkanes) is 16. The molecule has 0 bridgehead atoms. The highest BCUT2D eigenvalue weighted by Crippen LogP contribution is 2.24. The Hall–Kier alpha value is -2.04. The molecule has 0 spiro atoms. The number of benzene rings is 1. The van der Waals surface area contributed by atoms with Gasteiger partial charge in [0.2, 0.25) is 0 Å². The number of rotatable bonds is 20. The standard InChI is InChI=1S/C28H46O5/c1-3-4-5-6-7-8-9-10-11-12-13-14-15-16-17-18-19-20-27(30)33-24-21-22-26(29)25(23-24)28(31)32-2/h21-23,29H,3-20H2,1-2H3. The van der Waals surface area contributed by atoms with Crippen LogP contribution in [0.1, 0.15) is 133 Å². The Labute approximate surface area is 201 Å². The summed E-state index contributed by atoms with van der Waals surface area (Å²) in [6.07, 6.45) is 22.5. The SMILES string of the molecule is CCCCCCCCCCCCCCCCCCCC(=O)Oc1ccc(O)c(C(=O)OC)c1. The second kappa shape index (κ2) is 19.4. The van der Waals surface area contributed by atoms with E-state index < -0.39 is 5.97 Å². The molecule has 1 aromatic rings. The number of phenols is 1. The molecular formula is C28H46O5. The molecule has 0 aliphatic carbocycles. The molecule has 0 aliphatic rings. The molecule has 5 heteroatoms. The number of hydrogen-bond acceptors (Lipinski definition) is 5. The minimum absolute atomic E-state index is 0.0133. The van der Waals surface area contributed by atoms with Gasteiger partial charge < -0.3 is 14.6 Å². The predicted molar refractivity (Wildman–Crippen MR) is 134 cm³/mol. The third-order valence-corrected chi connectivity index (χ3v) is 6.09. The lowest BCUT2D eigenvalue weighted by molar-refractivity contribution is -0.134. The summed E-state index contributed by atoms with van der Waals surface area (Å²) in [5.41, 5.74) is -0.0133. The molecule has 0 unspecified atom stereocenters. The first-order valence-electron chi connectivity index (χ1n) is 13.2. The zero-order valence-corrected chi connectivity index (χ0v) is 21.0. The minimum Gasteiger partial charge on any atom is -0.507 e. The number of phenolic OH excluding ortho intramolecular Hbond substituents is 1. The van der Waals surface area contributed by atoms with Crippen molar-refractivity contribution in [3.05, 3.63) is 23.8 Å². The molecule has 0 radical (unpaired) electrons. The predicted octanol–water partition coefficient (Wildman–Crippen LogP) is 8.13. The summed E-state index contributed by atoms with van der Waals surface area (Å²) in [7, 11) is 1.23. The molecule has 1 rings (SSSR count). The molecule has 0 amide bonds. The van der Waals surface area contributed by atoms with Gasteiger partial charge in [-0.05, 0) is 24.6 Å². The Morgan fingerprint density at radius 2 is 1.18 bits per heavy atom. The maximum Gasteiger partial charge on any atom is 0.341 e. The minimum atomic E-state index is -0.668. The number of carbonyl (C=O) groups is 2. The molecular weight excluding hydrogens is 416 g/mol. The maximum absolute atomic E-state index is 12.0. The van der Waals surface area contributed by atoms with E-state index in [1.54, 1.807) is 0 Å². The molecule has 0 fully saturated rings. The first-order valence-corrected chi connectivity index (χ1v) is 13.2. The molecule has 0 saturated heterocycles. The Balaban J connectivity index is 1.94. The zero-order valence-electron chi connectivity index (χ0n) is 21.0. The molecule has 33 heavy (non-hydrogen) atoms. The fourth-order valence-electron chi connectivity index (χ4n) is 4.03. The number of methoxy groups -OCH3 is 1. The first-order chi connectivity index (χ1) is 16.1. The Bertz CT molecular complexity index is 656. The van der Waals surface area contributed by atoms with Crippen molar-refractivity contribution in [1.29, 1.82) is 0 Å². The van der Waals surface area contributed by atoms with E-state index >= 15 is 0 Å².